The Morgan fingerprint density at radius 1 is 1.07 bits per heavy atom. The van der Waals surface area contributed by atoms with Gasteiger partial charge in [0, 0.05) is 37.7 Å². The average Bonchev–Trinajstić information content (AvgIpc) is 2.71. The predicted molar refractivity (Wildman–Crippen MR) is 114 cm³/mol. The van der Waals surface area contributed by atoms with E-state index in [1.807, 2.05) is 49.4 Å². The minimum Gasteiger partial charge on any atom is -0.492 e. The van der Waals surface area contributed by atoms with Gasteiger partial charge in [0.25, 0.3) is 0 Å². The van der Waals surface area contributed by atoms with Crippen molar-refractivity contribution in [3.8, 4) is 5.75 Å². The van der Waals surface area contributed by atoms with Crippen molar-refractivity contribution in [3.63, 3.8) is 0 Å². The number of carbonyl (C=O) groups is 1. The minimum absolute atomic E-state index is 0.0807. The fraction of sp³-hybridized carbons (Fsp3) is 0.409. The number of piperazine rings is 1. The van der Waals surface area contributed by atoms with Gasteiger partial charge in [0.15, 0.2) is 0 Å². The van der Waals surface area contributed by atoms with Crippen LogP contribution in [0.15, 0.2) is 48.5 Å². The highest BCUT2D eigenvalue weighted by atomic mass is 35.5. The van der Waals surface area contributed by atoms with E-state index in [-0.39, 0.29) is 5.91 Å². The number of para-hydroxylation sites is 2. The van der Waals surface area contributed by atoms with E-state index in [1.54, 1.807) is 0 Å². The molecule has 1 fully saturated rings. The molecule has 5 nitrogen and oxygen atoms in total. The highest BCUT2D eigenvalue weighted by molar-refractivity contribution is 6.30. The maximum atomic E-state index is 12.2. The third-order valence-electron chi connectivity index (χ3n) is 4.89. The summed E-state index contributed by atoms with van der Waals surface area (Å²) >= 11 is 5.89. The lowest BCUT2D eigenvalue weighted by Gasteiger charge is -2.36. The first-order valence-electron chi connectivity index (χ1n) is 9.86. The second-order valence-electron chi connectivity index (χ2n) is 6.89. The molecule has 2 aromatic rings. The molecule has 0 bridgehead atoms. The average molecular weight is 402 g/mol. The van der Waals surface area contributed by atoms with Gasteiger partial charge in [-0.1, -0.05) is 35.9 Å². The number of hydrogen-bond donors (Lipinski definition) is 1. The van der Waals surface area contributed by atoms with Crippen molar-refractivity contribution in [1.82, 2.24) is 10.2 Å². The molecular weight excluding hydrogens is 374 g/mol. The Labute approximate surface area is 172 Å². The van der Waals surface area contributed by atoms with Gasteiger partial charge in [-0.05, 0) is 43.2 Å². The molecule has 2 aromatic carbocycles. The van der Waals surface area contributed by atoms with Crippen LogP contribution < -0.4 is 15.0 Å². The summed E-state index contributed by atoms with van der Waals surface area (Å²) in [5, 5.41) is 3.75. The molecule has 150 valence electrons. The summed E-state index contributed by atoms with van der Waals surface area (Å²) in [6.45, 7) is 7.26. The van der Waals surface area contributed by atoms with Crippen LogP contribution in [0.25, 0.3) is 0 Å². The van der Waals surface area contributed by atoms with E-state index >= 15 is 0 Å². The molecule has 0 aliphatic carbocycles. The Kier molecular flexibility index (Phi) is 7.57. The zero-order valence-electron chi connectivity index (χ0n) is 16.4. The molecule has 1 N–H and O–H groups in total. The fourth-order valence-electron chi connectivity index (χ4n) is 3.40. The molecule has 1 amide bonds. The first-order chi connectivity index (χ1) is 13.7. The van der Waals surface area contributed by atoms with E-state index in [0.717, 1.165) is 49.1 Å². The monoisotopic (exact) mass is 401 g/mol. The smallest absolute Gasteiger partial charge is 0.234 e. The van der Waals surface area contributed by atoms with Gasteiger partial charge in [0.1, 0.15) is 5.75 Å². The van der Waals surface area contributed by atoms with Crippen LogP contribution in [0.4, 0.5) is 5.69 Å². The van der Waals surface area contributed by atoms with Gasteiger partial charge in [-0.25, -0.2) is 0 Å². The van der Waals surface area contributed by atoms with Crippen molar-refractivity contribution < 1.29 is 9.53 Å². The van der Waals surface area contributed by atoms with Crippen LogP contribution in [0.5, 0.6) is 5.75 Å². The van der Waals surface area contributed by atoms with Crippen molar-refractivity contribution in [3.05, 3.63) is 59.1 Å². The lowest BCUT2D eigenvalue weighted by molar-refractivity contribution is -0.122. The van der Waals surface area contributed by atoms with E-state index < -0.39 is 0 Å². The van der Waals surface area contributed by atoms with Gasteiger partial charge < -0.3 is 15.0 Å². The van der Waals surface area contributed by atoms with Gasteiger partial charge >= 0.3 is 0 Å². The standard InChI is InChI=1S/C22H28ClN3O2/c1-2-28-21-6-4-3-5-20(21)26-15-13-25(14-16-26)17-22(27)24-12-11-18-7-9-19(23)10-8-18/h3-10H,2,11-17H2,1H3,(H,24,27). The molecule has 0 saturated carbocycles. The third kappa shape index (κ3) is 5.88. The molecule has 0 atom stereocenters. The fourth-order valence-corrected chi connectivity index (χ4v) is 3.53. The van der Waals surface area contributed by atoms with Gasteiger partial charge in [0.05, 0.1) is 18.8 Å². The number of amides is 1. The summed E-state index contributed by atoms with van der Waals surface area (Å²) in [5.74, 6) is 1.01. The topological polar surface area (TPSA) is 44.8 Å². The molecule has 1 saturated heterocycles. The van der Waals surface area contributed by atoms with Crippen LogP contribution in [0.2, 0.25) is 5.02 Å². The van der Waals surface area contributed by atoms with E-state index in [9.17, 15) is 4.79 Å². The van der Waals surface area contributed by atoms with Crippen molar-refractivity contribution in [2.75, 3.05) is 50.8 Å². The summed E-state index contributed by atoms with van der Waals surface area (Å²) < 4.78 is 5.74. The molecule has 6 heteroatoms. The van der Waals surface area contributed by atoms with Gasteiger partial charge in [-0.2, -0.15) is 0 Å². The maximum Gasteiger partial charge on any atom is 0.234 e. The van der Waals surface area contributed by atoms with Crippen LogP contribution >= 0.6 is 11.6 Å². The van der Waals surface area contributed by atoms with E-state index in [1.165, 1.54) is 5.56 Å². The zero-order chi connectivity index (χ0) is 19.8. The second-order valence-corrected chi connectivity index (χ2v) is 7.33. The largest absolute Gasteiger partial charge is 0.492 e. The highest BCUT2D eigenvalue weighted by Crippen LogP contribution is 2.28. The van der Waals surface area contributed by atoms with Crippen LogP contribution in [0.3, 0.4) is 0 Å². The molecular formula is C22H28ClN3O2. The normalized spacial score (nSPS) is 14.7. The lowest BCUT2D eigenvalue weighted by atomic mass is 10.1. The van der Waals surface area contributed by atoms with Gasteiger partial charge in [0.2, 0.25) is 5.91 Å². The predicted octanol–water partition coefficient (Wildman–Crippen LogP) is 3.22. The molecule has 3 rings (SSSR count). The van der Waals surface area contributed by atoms with E-state index in [0.29, 0.717) is 19.7 Å². The number of carbonyl (C=O) groups excluding carboxylic acids is 1. The van der Waals surface area contributed by atoms with E-state index in [2.05, 4.69) is 21.2 Å². The summed E-state index contributed by atoms with van der Waals surface area (Å²) in [6, 6.07) is 15.9. The summed E-state index contributed by atoms with van der Waals surface area (Å²) in [4.78, 5) is 16.8. The number of benzene rings is 2. The number of anilines is 1. The highest BCUT2D eigenvalue weighted by Gasteiger charge is 2.21. The van der Waals surface area contributed by atoms with Crippen LogP contribution in [-0.2, 0) is 11.2 Å². The second kappa shape index (κ2) is 10.3. The Morgan fingerprint density at radius 3 is 2.50 bits per heavy atom. The number of rotatable bonds is 8. The van der Waals surface area contributed by atoms with E-state index in [4.69, 9.17) is 16.3 Å². The number of hydrogen-bond acceptors (Lipinski definition) is 4. The van der Waals surface area contributed by atoms with Crippen LogP contribution in [0, 0.1) is 0 Å². The van der Waals surface area contributed by atoms with Crippen molar-refractivity contribution in [2.45, 2.75) is 13.3 Å². The molecule has 0 unspecified atom stereocenters. The summed E-state index contributed by atoms with van der Waals surface area (Å²) in [6.07, 6.45) is 0.810. The zero-order valence-corrected chi connectivity index (χ0v) is 17.1. The molecule has 0 radical (unpaired) electrons. The number of halogens is 1. The number of nitrogens with zero attached hydrogens (tertiary/aromatic N) is 2. The van der Waals surface area contributed by atoms with Crippen LogP contribution in [-0.4, -0.2) is 56.7 Å². The minimum atomic E-state index is 0.0807. The number of ether oxygens (including phenoxy) is 1. The molecule has 1 heterocycles. The maximum absolute atomic E-state index is 12.2. The molecule has 0 spiro atoms. The first-order valence-corrected chi connectivity index (χ1v) is 10.2. The lowest BCUT2D eigenvalue weighted by Crippen LogP contribution is -2.49. The van der Waals surface area contributed by atoms with Gasteiger partial charge in [-0.15, -0.1) is 0 Å². The first kappa shape index (κ1) is 20.5. The number of nitrogens with one attached hydrogen (secondary N) is 1. The van der Waals surface area contributed by atoms with Gasteiger partial charge in [-0.3, -0.25) is 9.69 Å². The van der Waals surface area contributed by atoms with Crippen molar-refractivity contribution in [2.24, 2.45) is 0 Å². The quantitative estimate of drug-likeness (QED) is 0.737. The third-order valence-corrected chi connectivity index (χ3v) is 5.15. The van der Waals surface area contributed by atoms with Crippen molar-refractivity contribution >= 4 is 23.2 Å². The Morgan fingerprint density at radius 2 is 1.79 bits per heavy atom. The molecule has 1 aliphatic rings. The van der Waals surface area contributed by atoms with Crippen molar-refractivity contribution in [1.29, 1.82) is 0 Å². The Bertz CT molecular complexity index is 759. The Balaban J connectivity index is 1.40. The summed E-state index contributed by atoms with van der Waals surface area (Å²) in [7, 11) is 0. The molecule has 28 heavy (non-hydrogen) atoms. The summed E-state index contributed by atoms with van der Waals surface area (Å²) in [5.41, 5.74) is 2.31. The molecule has 0 aromatic heterocycles. The van der Waals surface area contributed by atoms with Crippen LogP contribution in [0.1, 0.15) is 12.5 Å². The molecule has 1 aliphatic heterocycles. The Hall–Kier alpha value is -2.24. The SMILES string of the molecule is CCOc1ccccc1N1CCN(CC(=O)NCCc2ccc(Cl)cc2)CC1.